The molecule has 0 heterocycles. The first-order chi connectivity index (χ1) is 4.22. The molecule has 0 saturated heterocycles. The zero-order chi connectivity index (χ0) is 6.85. The van der Waals surface area contributed by atoms with E-state index in [1.165, 1.54) is 12.1 Å². The fraction of sp³-hybridized carbons (Fsp3) is 0. The Hall–Kier alpha value is -1.12. The third-order valence-corrected chi connectivity index (χ3v) is 0.952. The molecule has 48 valence electrons. The lowest BCUT2D eigenvalue weighted by atomic mass is 10.3. The molecule has 0 spiro atoms. The van der Waals surface area contributed by atoms with Gasteiger partial charge in [-0.2, -0.15) is 4.39 Å². The second-order valence-electron chi connectivity index (χ2n) is 1.60. The number of halogens is 2. The van der Waals surface area contributed by atoms with Gasteiger partial charge in [-0.05, 0) is 6.07 Å². The average Bonchev–Trinajstić information content (AvgIpc) is 1.83. The van der Waals surface area contributed by atoms with E-state index in [4.69, 9.17) is 5.11 Å². The highest BCUT2D eigenvalue weighted by atomic mass is 19.2. The maximum atomic E-state index is 12.2. The van der Waals surface area contributed by atoms with Crippen LogP contribution in [0.5, 0.6) is 5.75 Å². The Morgan fingerprint density at radius 2 is 1.89 bits per heavy atom. The molecule has 0 aromatic heterocycles. The molecule has 0 bridgehead atoms. The largest absolute Gasteiger partial charge is 0.591 e. The molecular weight excluding hydrogens is 126 g/mol. The molecule has 0 fully saturated rings. The molecule has 0 aliphatic carbocycles. The highest BCUT2D eigenvalue weighted by Gasteiger charge is 2.08. The first-order valence-corrected chi connectivity index (χ1v) is 2.37. The van der Waals surface area contributed by atoms with E-state index in [1.807, 2.05) is 0 Å². The van der Waals surface area contributed by atoms with Crippen LogP contribution in [0.1, 0.15) is 0 Å². The monoisotopic (exact) mass is 131 g/mol. The first kappa shape index (κ1) is 6.01. The van der Waals surface area contributed by atoms with Gasteiger partial charge in [0.05, 0.1) is 0 Å². The van der Waals surface area contributed by atoms with Gasteiger partial charge in [0.2, 0.25) is 0 Å². The Bertz CT molecular complexity index is 202. The molecule has 0 amide bonds. The Labute approximate surface area is 50.6 Å². The molecule has 9 heavy (non-hydrogen) atoms. The van der Waals surface area contributed by atoms with Gasteiger partial charge in [0, 0.05) is 6.07 Å². The standard InChI is InChI=1S/C6H4F2O/c7-4-2-1-3-5(9)6(4)8/h1-3,9H/p+1. The van der Waals surface area contributed by atoms with E-state index in [1.54, 1.807) is 0 Å². The lowest BCUT2D eigenvalue weighted by Gasteiger charge is -1.88. The van der Waals surface area contributed by atoms with Gasteiger partial charge >= 0.3 is 0 Å². The lowest BCUT2D eigenvalue weighted by Crippen LogP contribution is -1.81. The van der Waals surface area contributed by atoms with E-state index in [9.17, 15) is 8.78 Å². The van der Waals surface area contributed by atoms with Crippen molar-refractivity contribution in [3.8, 4) is 5.75 Å². The quantitative estimate of drug-likeness (QED) is 0.475. The molecule has 1 nitrogen and oxygen atoms in total. The highest BCUT2D eigenvalue weighted by Crippen LogP contribution is 2.16. The third-order valence-electron chi connectivity index (χ3n) is 0.952. The number of benzene rings is 1. The van der Waals surface area contributed by atoms with Gasteiger partial charge in [-0.15, -0.1) is 0 Å². The summed E-state index contributed by atoms with van der Waals surface area (Å²) in [6.45, 7) is 0. The molecular formula is C6H5F2O+. The summed E-state index contributed by atoms with van der Waals surface area (Å²) in [6, 6.07) is 3.46. The summed E-state index contributed by atoms with van der Waals surface area (Å²) in [5.41, 5.74) is 0. The molecule has 0 saturated carbocycles. The van der Waals surface area contributed by atoms with Crippen LogP contribution >= 0.6 is 0 Å². The Kier molecular flexibility index (Phi) is 1.34. The summed E-state index contributed by atoms with van der Waals surface area (Å²) < 4.78 is 24.3. The minimum absolute atomic E-state index is 0.407. The van der Waals surface area contributed by atoms with Gasteiger partial charge in [-0.3, -0.25) is 0 Å². The van der Waals surface area contributed by atoms with E-state index in [-0.39, 0.29) is 0 Å². The van der Waals surface area contributed by atoms with E-state index in [2.05, 4.69) is 0 Å². The van der Waals surface area contributed by atoms with Crippen molar-refractivity contribution >= 4 is 0 Å². The van der Waals surface area contributed by atoms with Gasteiger partial charge in [0.25, 0.3) is 11.6 Å². The smallest absolute Gasteiger partial charge is 0.293 e. The summed E-state index contributed by atoms with van der Waals surface area (Å²) in [5, 5.41) is 6.75. The van der Waals surface area contributed by atoms with Crippen molar-refractivity contribution < 1.29 is 13.9 Å². The summed E-state index contributed by atoms with van der Waals surface area (Å²) in [5.74, 6) is -2.46. The van der Waals surface area contributed by atoms with Gasteiger partial charge in [-0.1, -0.05) is 6.07 Å². The maximum absolute atomic E-state index is 12.2. The van der Waals surface area contributed by atoms with Crippen LogP contribution in [0.2, 0.25) is 0 Å². The van der Waals surface area contributed by atoms with Gasteiger partial charge in [-0.25, -0.2) is 4.39 Å². The minimum Gasteiger partial charge on any atom is -0.591 e. The molecule has 0 atom stereocenters. The molecule has 2 N–H and O–H groups in total. The van der Waals surface area contributed by atoms with Crippen molar-refractivity contribution in [3.63, 3.8) is 0 Å². The summed E-state index contributed by atoms with van der Waals surface area (Å²) in [7, 11) is 0. The predicted octanol–water partition coefficient (Wildman–Crippen LogP) is 1.40. The number of hydrogen-bond acceptors (Lipinski definition) is 0. The van der Waals surface area contributed by atoms with E-state index >= 15 is 0 Å². The van der Waals surface area contributed by atoms with Crippen molar-refractivity contribution in [1.29, 1.82) is 0 Å². The van der Waals surface area contributed by atoms with Gasteiger partial charge < -0.3 is 5.11 Å². The van der Waals surface area contributed by atoms with E-state index in [0.29, 0.717) is 0 Å². The fourth-order valence-corrected chi connectivity index (χ4v) is 0.504. The van der Waals surface area contributed by atoms with Crippen LogP contribution in [0, 0.1) is 11.6 Å². The normalized spacial score (nSPS) is 9.56. The third kappa shape index (κ3) is 0.988. The van der Waals surface area contributed by atoms with Crippen molar-refractivity contribution in [1.82, 2.24) is 0 Å². The summed E-state index contributed by atoms with van der Waals surface area (Å²) >= 11 is 0. The molecule has 3 heteroatoms. The second-order valence-corrected chi connectivity index (χ2v) is 1.60. The van der Waals surface area contributed by atoms with Crippen LogP contribution in [-0.4, -0.2) is 5.11 Å². The molecule has 0 aliphatic rings. The Balaban J connectivity index is 3.25. The zero-order valence-electron chi connectivity index (χ0n) is 4.49. The molecule has 1 rings (SSSR count). The van der Waals surface area contributed by atoms with Crippen molar-refractivity contribution in [2.24, 2.45) is 0 Å². The molecule has 0 radical (unpaired) electrons. The summed E-state index contributed by atoms with van der Waals surface area (Å²) in [4.78, 5) is 0. The van der Waals surface area contributed by atoms with Crippen LogP contribution in [0.3, 0.4) is 0 Å². The number of hydrogen-bond donors (Lipinski definition) is 0. The SMILES string of the molecule is [OH2+]c1cccc(F)c1F. The molecule has 1 aromatic rings. The summed E-state index contributed by atoms with van der Waals surface area (Å²) in [6.07, 6.45) is 0. The number of rotatable bonds is 0. The molecule has 0 unspecified atom stereocenters. The van der Waals surface area contributed by atoms with Crippen molar-refractivity contribution in [3.05, 3.63) is 29.8 Å². The fourth-order valence-electron chi connectivity index (χ4n) is 0.504. The lowest BCUT2D eigenvalue weighted by molar-refractivity contribution is 0.407. The van der Waals surface area contributed by atoms with Crippen molar-refractivity contribution in [2.75, 3.05) is 0 Å². The average molecular weight is 131 g/mol. The minimum atomic E-state index is -1.09. The van der Waals surface area contributed by atoms with Crippen molar-refractivity contribution in [2.45, 2.75) is 0 Å². The molecule has 0 aliphatic heterocycles. The van der Waals surface area contributed by atoms with Crippen LogP contribution < -0.4 is 0 Å². The predicted molar refractivity (Wildman–Crippen MR) is 29.4 cm³/mol. The van der Waals surface area contributed by atoms with Gasteiger partial charge in [0.15, 0.2) is 5.82 Å². The Morgan fingerprint density at radius 1 is 1.22 bits per heavy atom. The second kappa shape index (κ2) is 2.01. The van der Waals surface area contributed by atoms with E-state index < -0.39 is 17.4 Å². The molecule has 1 aromatic carbocycles. The highest BCUT2D eigenvalue weighted by molar-refractivity contribution is 5.22. The van der Waals surface area contributed by atoms with E-state index in [0.717, 1.165) is 6.07 Å². The van der Waals surface area contributed by atoms with Crippen LogP contribution in [0.4, 0.5) is 8.78 Å². The van der Waals surface area contributed by atoms with Gasteiger partial charge in [0.1, 0.15) is 0 Å². The van der Waals surface area contributed by atoms with Crippen LogP contribution in [-0.2, 0) is 0 Å². The van der Waals surface area contributed by atoms with Crippen LogP contribution in [0.25, 0.3) is 0 Å². The van der Waals surface area contributed by atoms with Crippen LogP contribution in [0.15, 0.2) is 18.2 Å². The first-order valence-electron chi connectivity index (χ1n) is 2.37. The maximum Gasteiger partial charge on any atom is 0.293 e. The Morgan fingerprint density at radius 3 is 2.33 bits per heavy atom. The zero-order valence-corrected chi connectivity index (χ0v) is 4.49. The topological polar surface area (TPSA) is 22.9 Å².